The highest BCUT2D eigenvalue weighted by molar-refractivity contribution is 6.02. The summed E-state index contributed by atoms with van der Waals surface area (Å²) < 4.78 is 5.09. The summed E-state index contributed by atoms with van der Waals surface area (Å²) in [5.74, 6) is -0.342. The van der Waals surface area contributed by atoms with E-state index in [2.05, 4.69) is 10.5 Å². The number of rotatable bonds is 5. The molecule has 1 amide bonds. The summed E-state index contributed by atoms with van der Waals surface area (Å²) in [6, 6.07) is 9.70. The molecule has 2 rings (SSSR count). The second-order valence-corrected chi connectivity index (χ2v) is 5.58. The van der Waals surface area contributed by atoms with Crippen molar-refractivity contribution in [2.45, 2.75) is 20.8 Å². The summed E-state index contributed by atoms with van der Waals surface area (Å²) >= 11 is 0. The average molecular weight is 341 g/mol. The molecule has 0 saturated carbocycles. The van der Waals surface area contributed by atoms with E-state index >= 15 is 0 Å². The van der Waals surface area contributed by atoms with E-state index in [9.17, 15) is 14.9 Å². The first-order valence-electron chi connectivity index (χ1n) is 7.58. The highest BCUT2D eigenvalue weighted by Crippen LogP contribution is 2.23. The fourth-order valence-corrected chi connectivity index (χ4v) is 2.21. The summed E-state index contributed by atoms with van der Waals surface area (Å²) in [5.41, 5.74) is 6.08. The minimum atomic E-state index is -0.580. The molecule has 2 aromatic carbocycles. The van der Waals surface area contributed by atoms with E-state index in [1.165, 1.54) is 24.8 Å². The molecule has 0 aliphatic carbocycles. The lowest BCUT2D eigenvalue weighted by molar-refractivity contribution is -0.384. The molecule has 0 unspecified atom stereocenters. The van der Waals surface area contributed by atoms with Crippen LogP contribution in [0.3, 0.4) is 0 Å². The van der Waals surface area contributed by atoms with Gasteiger partial charge in [-0.05, 0) is 49.6 Å². The second-order valence-electron chi connectivity index (χ2n) is 5.58. The van der Waals surface area contributed by atoms with Crippen LogP contribution in [0.15, 0.2) is 41.5 Å². The number of hydrogen-bond donors (Lipinski definition) is 1. The lowest BCUT2D eigenvalue weighted by atomic mass is 10.0. The fraction of sp³-hybridized carbons (Fsp3) is 0.222. The Labute approximate surface area is 145 Å². The van der Waals surface area contributed by atoms with Gasteiger partial charge in [-0.1, -0.05) is 12.1 Å². The monoisotopic (exact) mass is 341 g/mol. The number of aryl methyl sites for hydroxylation is 2. The number of nitrogens with zero attached hydrogens (tertiary/aromatic N) is 2. The number of methoxy groups -OCH3 is 1. The van der Waals surface area contributed by atoms with Gasteiger partial charge in [0, 0.05) is 12.1 Å². The number of non-ortho nitro benzene ring substituents is 1. The fourth-order valence-electron chi connectivity index (χ4n) is 2.21. The summed E-state index contributed by atoms with van der Waals surface area (Å²) in [6.07, 6.45) is 0. The maximum Gasteiger partial charge on any atom is 0.275 e. The summed E-state index contributed by atoms with van der Waals surface area (Å²) in [7, 11) is 1.39. The Morgan fingerprint density at radius 3 is 2.48 bits per heavy atom. The van der Waals surface area contributed by atoms with E-state index in [1.54, 1.807) is 6.92 Å². The zero-order chi connectivity index (χ0) is 18.6. The Bertz CT molecular complexity index is 859. The van der Waals surface area contributed by atoms with Crippen molar-refractivity contribution in [1.29, 1.82) is 0 Å². The third kappa shape index (κ3) is 4.20. The molecule has 0 spiro atoms. The van der Waals surface area contributed by atoms with Crippen LogP contribution in [-0.2, 0) is 0 Å². The maximum atomic E-state index is 12.3. The van der Waals surface area contributed by atoms with Gasteiger partial charge in [0.25, 0.3) is 11.6 Å². The Morgan fingerprint density at radius 1 is 1.16 bits per heavy atom. The first kappa shape index (κ1) is 18.1. The van der Waals surface area contributed by atoms with Crippen LogP contribution >= 0.6 is 0 Å². The molecule has 0 saturated heterocycles. The van der Waals surface area contributed by atoms with Gasteiger partial charge in [0.2, 0.25) is 0 Å². The predicted octanol–water partition coefficient (Wildman–Crippen LogP) is 3.37. The van der Waals surface area contributed by atoms with Crippen molar-refractivity contribution in [2.75, 3.05) is 7.11 Å². The van der Waals surface area contributed by atoms with E-state index in [0.29, 0.717) is 5.71 Å². The molecule has 0 atom stereocenters. The van der Waals surface area contributed by atoms with Crippen molar-refractivity contribution >= 4 is 17.3 Å². The van der Waals surface area contributed by atoms with Gasteiger partial charge in [0.05, 0.1) is 23.3 Å². The Hall–Kier alpha value is -3.22. The molecule has 1 N–H and O–H groups in total. The molecule has 0 radical (unpaired) electrons. The minimum Gasteiger partial charge on any atom is -0.496 e. The van der Waals surface area contributed by atoms with Crippen LogP contribution < -0.4 is 10.2 Å². The number of ether oxygens (including phenoxy) is 1. The Kier molecular flexibility index (Phi) is 5.49. The van der Waals surface area contributed by atoms with Gasteiger partial charge < -0.3 is 4.74 Å². The molecule has 0 bridgehead atoms. The zero-order valence-corrected chi connectivity index (χ0v) is 14.5. The lowest BCUT2D eigenvalue weighted by Crippen LogP contribution is -2.20. The molecule has 0 heterocycles. The smallest absolute Gasteiger partial charge is 0.275 e. The minimum absolute atomic E-state index is 0.0494. The second kappa shape index (κ2) is 7.57. The predicted molar refractivity (Wildman–Crippen MR) is 95.2 cm³/mol. The van der Waals surface area contributed by atoms with Gasteiger partial charge in [-0.15, -0.1) is 0 Å². The molecular weight excluding hydrogens is 322 g/mol. The van der Waals surface area contributed by atoms with Gasteiger partial charge in [-0.25, -0.2) is 5.43 Å². The van der Waals surface area contributed by atoms with E-state index in [0.717, 1.165) is 17.2 Å². The zero-order valence-electron chi connectivity index (χ0n) is 14.5. The van der Waals surface area contributed by atoms with Crippen LogP contribution in [0.25, 0.3) is 0 Å². The summed E-state index contributed by atoms with van der Waals surface area (Å²) in [6.45, 7) is 5.79. The number of benzene rings is 2. The number of nitro groups is 1. The summed E-state index contributed by atoms with van der Waals surface area (Å²) in [4.78, 5) is 22.7. The normalized spacial score (nSPS) is 11.1. The molecule has 130 valence electrons. The molecule has 7 heteroatoms. The van der Waals surface area contributed by atoms with Gasteiger partial charge >= 0.3 is 0 Å². The first-order valence-corrected chi connectivity index (χ1v) is 7.58. The number of nitro benzene ring substituents is 1. The van der Waals surface area contributed by atoms with Crippen LogP contribution in [0.4, 0.5) is 5.69 Å². The molecular formula is C18H19N3O4. The standard InChI is InChI=1S/C18H19N3O4/c1-11-5-6-14(9-12(11)2)13(3)19-20-18(22)16-10-15(21(23)24)7-8-17(16)25-4/h5-10H,1-4H3,(H,20,22)/b19-13-. The highest BCUT2D eigenvalue weighted by Gasteiger charge is 2.17. The number of hydrogen-bond acceptors (Lipinski definition) is 5. The van der Waals surface area contributed by atoms with E-state index in [4.69, 9.17) is 4.74 Å². The van der Waals surface area contributed by atoms with Crippen LogP contribution in [-0.4, -0.2) is 23.7 Å². The number of hydrazone groups is 1. The van der Waals surface area contributed by atoms with Crippen molar-refractivity contribution < 1.29 is 14.5 Å². The number of amides is 1. The largest absolute Gasteiger partial charge is 0.496 e. The SMILES string of the molecule is COc1ccc([N+](=O)[O-])cc1C(=O)N/N=C(/C)c1ccc(C)c(C)c1. The van der Waals surface area contributed by atoms with Gasteiger partial charge in [0.15, 0.2) is 0 Å². The molecule has 0 aliphatic rings. The lowest BCUT2D eigenvalue weighted by Gasteiger charge is -2.08. The van der Waals surface area contributed by atoms with Crippen LogP contribution in [0, 0.1) is 24.0 Å². The van der Waals surface area contributed by atoms with Crippen molar-refractivity contribution in [1.82, 2.24) is 5.43 Å². The van der Waals surface area contributed by atoms with Crippen molar-refractivity contribution in [3.8, 4) is 5.75 Å². The molecule has 7 nitrogen and oxygen atoms in total. The van der Waals surface area contributed by atoms with Crippen LogP contribution in [0.2, 0.25) is 0 Å². The van der Waals surface area contributed by atoms with Crippen molar-refractivity contribution in [3.63, 3.8) is 0 Å². The van der Waals surface area contributed by atoms with E-state index < -0.39 is 10.8 Å². The Balaban J connectivity index is 2.25. The Morgan fingerprint density at radius 2 is 1.88 bits per heavy atom. The molecule has 0 fully saturated rings. The molecule has 0 aromatic heterocycles. The number of carbonyl (C=O) groups excluding carboxylic acids is 1. The van der Waals surface area contributed by atoms with Crippen molar-refractivity contribution in [3.05, 3.63) is 68.8 Å². The quantitative estimate of drug-likeness (QED) is 0.512. The molecule has 2 aromatic rings. The van der Waals surface area contributed by atoms with Gasteiger partial charge in [0.1, 0.15) is 5.75 Å². The number of nitrogens with one attached hydrogen (secondary N) is 1. The van der Waals surface area contributed by atoms with Gasteiger partial charge in [-0.3, -0.25) is 14.9 Å². The third-order valence-corrected chi connectivity index (χ3v) is 3.89. The van der Waals surface area contributed by atoms with E-state index in [-0.39, 0.29) is 17.0 Å². The van der Waals surface area contributed by atoms with E-state index in [1.807, 2.05) is 32.0 Å². The number of carbonyl (C=O) groups is 1. The third-order valence-electron chi connectivity index (χ3n) is 3.89. The van der Waals surface area contributed by atoms with Crippen molar-refractivity contribution in [2.24, 2.45) is 5.10 Å². The first-order chi connectivity index (χ1) is 11.8. The molecule has 0 aliphatic heterocycles. The highest BCUT2D eigenvalue weighted by atomic mass is 16.6. The van der Waals surface area contributed by atoms with Crippen LogP contribution in [0.1, 0.15) is 34.0 Å². The van der Waals surface area contributed by atoms with Gasteiger partial charge in [-0.2, -0.15) is 5.10 Å². The van der Waals surface area contributed by atoms with Crippen LogP contribution in [0.5, 0.6) is 5.75 Å². The maximum absolute atomic E-state index is 12.3. The summed E-state index contributed by atoms with van der Waals surface area (Å²) in [5, 5.41) is 15.0. The molecule has 25 heavy (non-hydrogen) atoms. The average Bonchev–Trinajstić information content (AvgIpc) is 2.60. The topological polar surface area (TPSA) is 93.8 Å².